The number of nitrogens with one attached hydrogen (secondary N) is 2. The molecule has 0 saturated heterocycles. The highest BCUT2D eigenvalue weighted by atomic mass is 32.2. The zero-order chi connectivity index (χ0) is 21.0. The Morgan fingerprint density at radius 1 is 1.21 bits per heavy atom. The first-order chi connectivity index (χ1) is 13.9. The molecule has 1 atom stereocenters. The van der Waals surface area contributed by atoms with E-state index in [-0.39, 0.29) is 22.3 Å². The van der Waals surface area contributed by atoms with Crippen molar-refractivity contribution in [3.05, 3.63) is 75.8 Å². The highest BCUT2D eigenvalue weighted by molar-refractivity contribution is 8.00. The fraction of sp³-hybridized carbons (Fsp3) is 0.143. The third-order valence-corrected chi connectivity index (χ3v) is 5.09. The van der Waals surface area contributed by atoms with Crippen LogP contribution in [0.2, 0.25) is 0 Å². The smallest absolute Gasteiger partial charge is 0.270 e. The zero-order valence-electron chi connectivity index (χ0n) is 15.7. The number of anilines is 1. The van der Waals surface area contributed by atoms with Crippen molar-refractivity contribution in [1.29, 1.82) is 5.26 Å². The number of carbonyl (C=O) groups is 1. The van der Waals surface area contributed by atoms with Crippen LogP contribution in [0.15, 0.2) is 58.5 Å². The maximum absolute atomic E-state index is 13.0. The first kappa shape index (κ1) is 20.3. The average Bonchev–Trinajstić information content (AvgIpc) is 2.70. The molecule has 8 heteroatoms. The van der Waals surface area contributed by atoms with Gasteiger partial charge in [0.2, 0.25) is 5.91 Å². The molecule has 1 aromatic heterocycles. The number of aromatic amines is 1. The number of hydrogen-bond donors (Lipinski definition) is 2. The normalized spacial score (nSPS) is 11.5. The minimum atomic E-state index is -0.595. The standard InChI is InChI=1S/C21H17FN4O2S/c1-12-3-5-14(6-4-12)18-17(11-23)20(28)26-21(25-18)29-13(2)19(27)24-16-9-7-15(22)8-10-16/h3-10,13H,1-2H3,(H,24,27)(H,25,26,28). The van der Waals surface area contributed by atoms with Crippen molar-refractivity contribution < 1.29 is 9.18 Å². The van der Waals surface area contributed by atoms with Gasteiger partial charge in [0.15, 0.2) is 5.16 Å². The molecule has 0 aliphatic heterocycles. The summed E-state index contributed by atoms with van der Waals surface area (Å²) in [6.45, 7) is 3.59. The van der Waals surface area contributed by atoms with Crippen LogP contribution < -0.4 is 10.9 Å². The van der Waals surface area contributed by atoms with Crippen LogP contribution in [0.25, 0.3) is 11.3 Å². The molecule has 0 spiro atoms. The number of rotatable bonds is 5. The molecule has 0 aliphatic carbocycles. The Hall–Kier alpha value is -3.44. The molecule has 0 radical (unpaired) electrons. The first-order valence-electron chi connectivity index (χ1n) is 8.72. The van der Waals surface area contributed by atoms with Gasteiger partial charge in [-0.3, -0.25) is 9.59 Å². The third-order valence-electron chi connectivity index (χ3n) is 4.10. The first-order valence-corrected chi connectivity index (χ1v) is 9.60. The monoisotopic (exact) mass is 408 g/mol. The molecule has 0 aliphatic rings. The number of hydrogen-bond acceptors (Lipinski definition) is 5. The van der Waals surface area contributed by atoms with Gasteiger partial charge < -0.3 is 10.3 Å². The minimum absolute atomic E-state index is 0.0818. The van der Waals surface area contributed by atoms with Gasteiger partial charge in [-0.25, -0.2) is 9.37 Å². The summed E-state index contributed by atoms with van der Waals surface area (Å²) < 4.78 is 13.0. The zero-order valence-corrected chi connectivity index (χ0v) is 16.5. The van der Waals surface area contributed by atoms with E-state index in [0.717, 1.165) is 17.3 Å². The van der Waals surface area contributed by atoms with E-state index in [1.54, 1.807) is 19.1 Å². The van der Waals surface area contributed by atoms with E-state index >= 15 is 0 Å². The summed E-state index contributed by atoms with van der Waals surface area (Å²) in [5.74, 6) is -0.723. The Labute approximate surface area is 170 Å². The second-order valence-corrected chi connectivity index (χ2v) is 7.66. The van der Waals surface area contributed by atoms with Gasteiger partial charge in [-0.15, -0.1) is 0 Å². The Kier molecular flexibility index (Phi) is 6.10. The van der Waals surface area contributed by atoms with Crippen LogP contribution >= 0.6 is 11.8 Å². The van der Waals surface area contributed by atoms with E-state index in [4.69, 9.17) is 0 Å². The summed E-state index contributed by atoms with van der Waals surface area (Å²) in [4.78, 5) is 31.7. The minimum Gasteiger partial charge on any atom is -0.325 e. The van der Waals surface area contributed by atoms with Gasteiger partial charge in [-0.2, -0.15) is 5.26 Å². The van der Waals surface area contributed by atoms with Crippen LogP contribution in [0.4, 0.5) is 10.1 Å². The number of nitriles is 1. The van der Waals surface area contributed by atoms with Crippen molar-refractivity contribution in [3.8, 4) is 17.3 Å². The molecule has 1 heterocycles. The number of thioether (sulfide) groups is 1. The predicted molar refractivity (Wildman–Crippen MR) is 110 cm³/mol. The summed E-state index contributed by atoms with van der Waals surface area (Å²) in [5.41, 5.74) is 1.77. The summed E-state index contributed by atoms with van der Waals surface area (Å²) in [6.07, 6.45) is 0. The predicted octanol–water partition coefficient (Wildman–Crippen LogP) is 3.88. The molecule has 2 N–H and O–H groups in total. The second kappa shape index (κ2) is 8.71. The van der Waals surface area contributed by atoms with Crippen LogP contribution in [-0.4, -0.2) is 21.1 Å². The average molecular weight is 408 g/mol. The van der Waals surface area contributed by atoms with Gasteiger partial charge in [0, 0.05) is 11.3 Å². The van der Waals surface area contributed by atoms with Crippen molar-refractivity contribution in [1.82, 2.24) is 9.97 Å². The molecule has 0 saturated carbocycles. The Balaban J connectivity index is 1.84. The molecule has 29 heavy (non-hydrogen) atoms. The quantitative estimate of drug-likeness (QED) is 0.493. The lowest BCUT2D eigenvalue weighted by molar-refractivity contribution is -0.115. The number of amides is 1. The van der Waals surface area contributed by atoms with Crippen molar-refractivity contribution in [3.63, 3.8) is 0 Å². The van der Waals surface area contributed by atoms with Gasteiger partial charge in [0.05, 0.1) is 10.9 Å². The number of benzene rings is 2. The van der Waals surface area contributed by atoms with Crippen molar-refractivity contribution >= 4 is 23.4 Å². The summed E-state index contributed by atoms with van der Waals surface area (Å²) in [7, 11) is 0. The fourth-order valence-electron chi connectivity index (χ4n) is 2.53. The van der Waals surface area contributed by atoms with Crippen LogP contribution in [0.3, 0.4) is 0 Å². The number of nitrogens with zero attached hydrogens (tertiary/aromatic N) is 2. The second-order valence-electron chi connectivity index (χ2n) is 6.33. The topological polar surface area (TPSA) is 98.6 Å². The van der Waals surface area contributed by atoms with Crippen LogP contribution in [0.1, 0.15) is 18.1 Å². The lowest BCUT2D eigenvalue weighted by atomic mass is 10.1. The van der Waals surface area contributed by atoms with E-state index in [9.17, 15) is 19.2 Å². The Morgan fingerprint density at radius 2 is 1.86 bits per heavy atom. The third kappa shape index (κ3) is 4.89. The van der Waals surface area contributed by atoms with Crippen molar-refractivity contribution in [2.75, 3.05) is 5.32 Å². The molecule has 6 nitrogen and oxygen atoms in total. The molecular formula is C21H17FN4O2S. The highest BCUT2D eigenvalue weighted by Crippen LogP contribution is 2.25. The van der Waals surface area contributed by atoms with E-state index in [1.165, 1.54) is 24.3 Å². The van der Waals surface area contributed by atoms with Gasteiger partial charge in [0.25, 0.3) is 5.56 Å². The molecule has 146 valence electrons. The van der Waals surface area contributed by atoms with Crippen molar-refractivity contribution in [2.45, 2.75) is 24.3 Å². The summed E-state index contributed by atoms with van der Waals surface area (Å²) in [6, 6.07) is 14.6. The van der Waals surface area contributed by atoms with E-state index < -0.39 is 16.6 Å². The molecule has 1 amide bonds. The SMILES string of the molecule is Cc1ccc(-c2nc(SC(C)C(=O)Nc3ccc(F)cc3)[nH]c(=O)c2C#N)cc1. The van der Waals surface area contributed by atoms with Gasteiger partial charge in [-0.1, -0.05) is 41.6 Å². The number of aryl methyl sites for hydroxylation is 1. The largest absolute Gasteiger partial charge is 0.325 e. The molecule has 3 rings (SSSR count). The fourth-order valence-corrected chi connectivity index (χ4v) is 3.33. The highest BCUT2D eigenvalue weighted by Gasteiger charge is 2.19. The number of carbonyl (C=O) groups excluding carboxylic acids is 1. The molecule has 2 aromatic carbocycles. The van der Waals surface area contributed by atoms with Crippen LogP contribution in [-0.2, 0) is 4.79 Å². The van der Waals surface area contributed by atoms with E-state index in [2.05, 4.69) is 15.3 Å². The number of aromatic nitrogens is 2. The molecule has 0 fully saturated rings. The van der Waals surface area contributed by atoms with Gasteiger partial charge in [0.1, 0.15) is 17.4 Å². The molecule has 3 aromatic rings. The Morgan fingerprint density at radius 3 is 2.48 bits per heavy atom. The van der Waals surface area contributed by atoms with Crippen LogP contribution in [0, 0.1) is 24.1 Å². The Bertz CT molecular complexity index is 1140. The molecule has 0 bridgehead atoms. The van der Waals surface area contributed by atoms with Crippen molar-refractivity contribution in [2.24, 2.45) is 0 Å². The van der Waals surface area contributed by atoms with E-state index in [0.29, 0.717) is 11.3 Å². The molecule has 1 unspecified atom stereocenters. The molecular weight excluding hydrogens is 391 g/mol. The summed E-state index contributed by atoms with van der Waals surface area (Å²) >= 11 is 1.06. The van der Waals surface area contributed by atoms with Gasteiger partial charge in [-0.05, 0) is 38.1 Å². The maximum atomic E-state index is 13.0. The lowest BCUT2D eigenvalue weighted by Gasteiger charge is -2.12. The van der Waals surface area contributed by atoms with E-state index in [1.807, 2.05) is 25.1 Å². The maximum Gasteiger partial charge on any atom is 0.270 e. The van der Waals surface area contributed by atoms with Gasteiger partial charge >= 0.3 is 0 Å². The number of halogens is 1. The number of H-pyrrole nitrogens is 1. The lowest BCUT2D eigenvalue weighted by Crippen LogP contribution is -2.23. The van der Waals surface area contributed by atoms with Crippen LogP contribution in [0.5, 0.6) is 0 Å². The summed E-state index contributed by atoms with van der Waals surface area (Å²) in [5, 5.41) is 11.7.